The predicted octanol–water partition coefficient (Wildman–Crippen LogP) is 1.69. The van der Waals surface area contributed by atoms with Gasteiger partial charge in [-0.25, -0.2) is 18.1 Å². The van der Waals surface area contributed by atoms with Crippen LogP contribution < -0.4 is 10.0 Å². The number of sulfonamides is 1. The molecular formula is C12H19N3O2S2. The van der Waals surface area contributed by atoms with Crippen molar-refractivity contribution in [3.63, 3.8) is 0 Å². The van der Waals surface area contributed by atoms with E-state index in [2.05, 4.69) is 15.0 Å². The molecule has 1 fully saturated rings. The average molecular weight is 301 g/mol. The number of rotatable bonds is 5. The van der Waals surface area contributed by atoms with Gasteiger partial charge >= 0.3 is 0 Å². The molecular weight excluding hydrogens is 282 g/mol. The first-order chi connectivity index (χ1) is 9.12. The number of pyridine rings is 1. The molecule has 7 heteroatoms. The Morgan fingerprint density at radius 2 is 2.11 bits per heavy atom. The van der Waals surface area contributed by atoms with Gasteiger partial charge in [0.05, 0.1) is 0 Å². The van der Waals surface area contributed by atoms with Crippen LogP contribution in [0.5, 0.6) is 0 Å². The van der Waals surface area contributed by atoms with Gasteiger partial charge in [0.25, 0.3) is 0 Å². The number of hydrogen-bond acceptors (Lipinski definition) is 5. The van der Waals surface area contributed by atoms with E-state index >= 15 is 0 Å². The Kier molecular flexibility index (Phi) is 5.06. The van der Waals surface area contributed by atoms with Crippen molar-refractivity contribution in [1.29, 1.82) is 0 Å². The fraction of sp³-hybridized carbons (Fsp3) is 0.583. The second-order valence-corrected chi connectivity index (χ2v) is 7.36. The van der Waals surface area contributed by atoms with Gasteiger partial charge in [0, 0.05) is 18.8 Å². The molecule has 1 saturated heterocycles. The first kappa shape index (κ1) is 14.6. The van der Waals surface area contributed by atoms with E-state index in [9.17, 15) is 8.42 Å². The molecule has 5 nitrogen and oxygen atoms in total. The summed E-state index contributed by atoms with van der Waals surface area (Å²) in [4.78, 5) is 4.32. The maximum Gasteiger partial charge on any atom is 0.242 e. The maximum absolute atomic E-state index is 12.2. The molecule has 0 spiro atoms. The normalized spacial score (nSPS) is 17.3. The molecule has 1 aromatic heterocycles. The molecule has 2 heterocycles. The van der Waals surface area contributed by atoms with Crippen LogP contribution in [0.2, 0.25) is 0 Å². The average Bonchev–Trinajstić information content (AvgIpc) is 2.40. The number of thioether (sulfide) groups is 1. The maximum atomic E-state index is 12.2. The summed E-state index contributed by atoms with van der Waals surface area (Å²) in [5.74, 6) is 2.73. The molecule has 1 aliphatic heterocycles. The molecule has 0 unspecified atom stereocenters. The Morgan fingerprint density at radius 1 is 1.37 bits per heavy atom. The van der Waals surface area contributed by atoms with Crippen molar-refractivity contribution < 1.29 is 8.42 Å². The molecule has 2 rings (SSSR count). The zero-order valence-corrected chi connectivity index (χ0v) is 12.6. The van der Waals surface area contributed by atoms with Crippen molar-refractivity contribution in [1.82, 2.24) is 9.71 Å². The Hall–Kier alpha value is -0.790. The molecule has 0 aromatic carbocycles. The van der Waals surface area contributed by atoms with Gasteiger partial charge in [0.2, 0.25) is 10.0 Å². The summed E-state index contributed by atoms with van der Waals surface area (Å²) in [6.07, 6.45) is 3.19. The zero-order chi connectivity index (χ0) is 13.7. The van der Waals surface area contributed by atoms with Crippen LogP contribution >= 0.6 is 11.8 Å². The van der Waals surface area contributed by atoms with Crippen LogP contribution in [0.4, 0.5) is 5.82 Å². The first-order valence-electron chi connectivity index (χ1n) is 6.42. The van der Waals surface area contributed by atoms with Gasteiger partial charge in [-0.2, -0.15) is 11.8 Å². The second-order valence-electron chi connectivity index (χ2n) is 4.42. The molecule has 1 aromatic rings. The van der Waals surface area contributed by atoms with Gasteiger partial charge in [-0.1, -0.05) is 0 Å². The van der Waals surface area contributed by atoms with Crippen molar-refractivity contribution in [2.45, 2.75) is 30.7 Å². The van der Waals surface area contributed by atoms with Crippen LogP contribution in [-0.2, 0) is 10.0 Å². The highest BCUT2D eigenvalue weighted by Gasteiger charge is 2.22. The summed E-state index contributed by atoms with van der Waals surface area (Å²) in [6, 6.07) is 3.33. The Morgan fingerprint density at radius 3 is 2.68 bits per heavy atom. The Balaban J connectivity index is 2.05. The predicted molar refractivity (Wildman–Crippen MR) is 79.1 cm³/mol. The van der Waals surface area contributed by atoms with E-state index in [4.69, 9.17) is 0 Å². The van der Waals surface area contributed by atoms with Gasteiger partial charge in [0.1, 0.15) is 10.7 Å². The monoisotopic (exact) mass is 301 g/mol. The van der Waals surface area contributed by atoms with Crippen LogP contribution in [0.15, 0.2) is 23.2 Å². The standard InChI is InChI=1S/C12H19N3O2S2/c1-2-13-12-4-3-11(9-14-12)19(16,17)15-10-5-7-18-8-6-10/h3-4,9-10,15H,2,5-8H2,1H3,(H,13,14). The highest BCUT2D eigenvalue weighted by Crippen LogP contribution is 2.19. The third-order valence-corrected chi connectivity index (χ3v) is 5.50. The Bertz CT molecular complexity index is 496. The first-order valence-corrected chi connectivity index (χ1v) is 9.05. The minimum absolute atomic E-state index is 0.0553. The van der Waals surface area contributed by atoms with Crippen LogP contribution in [0, 0.1) is 0 Å². The van der Waals surface area contributed by atoms with Crippen molar-refractivity contribution in [3.8, 4) is 0 Å². The van der Waals surface area contributed by atoms with Crippen molar-refractivity contribution in [2.24, 2.45) is 0 Å². The van der Waals surface area contributed by atoms with E-state index in [0.29, 0.717) is 5.82 Å². The summed E-state index contributed by atoms with van der Waals surface area (Å²) in [7, 11) is -3.44. The minimum atomic E-state index is -3.44. The van der Waals surface area contributed by atoms with Gasteiger partial charge < -0.3 is 5.32 Å². The third kappa shape index (κ3) is 4.09. The van der Waals surface area contributed by atoms with E-state index in [1.807, 2.05) is 18.7 Å². The lowest BCUT2D eigenvalue weighted by Crippen LogP contribution is -2.37. The number of aromatic nitrogens is 1. The summed E-state index contributed by atoms with van der Waals surface area (Å²) in [5.41, 5.74) is 0. The van der Waals surface area contributed by atoms with Gasteiger partial charge in [-0.15, -0.1) is 0 Å². The third-order valence-electron chi connectivity index (χ3n) is 2.95. The van der Waals surface area contributed by atoms with E-state index in [-0.39, 0.29) is 10.9 Å². The van der Waals surface area contributed by atoms with Gasteiger partial charge in [0.15, 0.2) is 0 Å². The Labute approximate surface area is 118 Å². The summed E-state index contributed by atoms with van der Waals surface area (Å²) < 4.78 is 27.1. The molecule has 0 radical (unpaired) electrons. The molecule has 0 atom stereocenters. The summed E-state index contributed by atoms with van der Waals surface area (Å²) in [5, 5.41) is 3.04. The number of hydrogen-bond donors (Lipinski definition) is 2. The number of anilines is 1. The quantitative estimate of drug-likeness (QED) is 0.866. The van der Waals surface area contributed by atoms with Crippen molar-refractivity contribution in [3.05, 3.63) is 18.3 Å². The van der Waals surface area contributed by atoms with Crippen LogP contribution in [0.3, 0.4) is 0 Å². The second kappa shape index (κ2) is 6.58. The van der Waals surface area contributed by atoms with Crippen LogP contribution in [0.25, 0.3) is 0 Å². The van der Waals surface area contributed by atoms with Gasteiger partial charge in [-0.05, 0) is 43.4 Å². The number of nitrogens with zero attached hydrogens (tertiary/aromatic N) is 1. The van der Waals surface area contributed by atoms with Crippen LogP contribution in [0.1, 0.15) is 19.8 Å². The molecule has 0 amide bonds. The van der Waals surface area contributed by atoms with Crippen molar-refractivity contribution in [2.75, 3.05) is 23.4 Å². The van der Waals surface area contributed by atoms with Crippen molar-refractivity contribution >= 4 is 27.6 Å². The SMILES string of the molecule is CCNc1ccc(S(=O)(=O)NC2CCSCC2)cn1. The lowest BCUT2D eigenvalue weighted by Gasteiger charge is -2.22. The zero-order valence-electron chi connectivity index (χ0n) is 10.9. The van der Waals surface area contributed by atoms with Gasteiger partial charge in [-0.3, -0.25) is 0 Å². The van der Waals surface area contributed by atoms with E-state index < -0.39 is 10.0 Å². The van der Waals surface area contributed by atoms with E-state index in [1.54, 1.807) is 12.1 Å². The fourth-order valence-electron chi connectivity index (χ4n) is 1.93. The molecule has 2 N–H and O–H groups in total. The summed E-state index contributed by atoms with van der Waals surface area (Å²) >= 11 is 1.87. The molecule has 0 saturated carbocycles. The smallest absolute Gasteiger partial charge is 0.242 e. The van der Waals surface area contributed by atoms with E-state index in [1.165, 1.54) is 6.20 Å². The minimum Gasteiger partial charge on any atom is -0.370 e. The molecule has 0 aliphatic carbocycles. The molecule has 0 bridgehead atoms. The summed E-state index contributed by atoms with van der Waals surface area (Å²) in [6.45, 7) is 2.73. The lowest BCUT2D eigenvalue weighted by atomic mass is 10.2. The lowest BCUT2D eigenvalue weighted by molar-refractivity contribution is 0.528. The molecule has 106 valence electrons. The number of nitrogens with one attached hydrogen (secondary N) is 2. The fourth-order valence-corrected chi connectivity index (χ4v) is 4.28. The largest absolute Gasteiger partial charge is 0.370 e. The highest BCUT2D eigenvalue weighted by atomic mass is 32.2. The topological polar surface area (TPSA) is 71.1 Å². The molecule has 1 aliphatic rings. The van der Waals surface area contributed by atoms with E-state index in [0.717, 1.165) is 30.9 Å². The molecule has 19 heavy (non-hydrogen) atoms. The van der Waals surface area contributed by atoms with Crippen LogP contribution in [-0.4, -0.2) is 37.5 Å². The highest BCUT2D eigenvalue weighted by molar-refractivity contribution is 7.99.